The first-order chi connectivity index (χ1) is 29.6. The van der Waals surface area contributed by atoms with E-state index in [1.165, 1.54) is 48.6 Å². The van der Waals surface area contributed by atoms with Crippen LogP contribution in [-0.4, -0.2) is 9.88 Å². The Hall–Kier alpha value is -6.61. The molecule has 10 aromatic rings. The number of nitrogens with zero attached hydrogens (tertiary/aromatic N) is 1. The van der Waals surface area contributed by atoms with E-state index in [1.54, 1.807) is 0 Å². The summed E-state index contributed by atoms with van der Waals surface area (Å²) in [6, 6.07) is 77.9. The fourth-order valence-corrected chi connectivity index (χ4v) is 13.9. The maximum atomic E-state index is 12.6. The molecule has 1 aromatic heterocycles. The Balaban J connectivity index is 1.10. The van der Waals surface area contributed by atoms with E-state index in [9.17, 15) is 4.89 Å². The Kier molecular flexibility index (Phi) is 8.09. The molecule has 60 heavy (non-hydrogen) atoms. The van der Waals surface area contributed by atoms with Gasteiger partial charge in [-0.15, -0.1) is 0 Å². The largest absolute Gasteiger partial charge is 0.247 e. The fraction of sp³-hybridized carbons (Fsp3) is 0.0179. The molecule has 1 spiro atoms. The van der Waals surface area contributed by atoms with E-state index in [0.717, 1.165) is 54.6 Å². The van der Waals surface area contributed by atoms with Crippen LogP contribution in [-0.2, 0) is 5.41 Å². The van der Waals surface area contributed by atoms with Gasteiger partial charge in [-0.2, -0.15) is 0 Å². The number of benzene rings is 9. The minimum absolute atomic E-state index is 0.465. The molecule has 0 radical (unpaired) electrons. The van der Waals surface area contributed by atoms with Crippen molar-refractivity contribution in [3.63, 3.8) is 0 Å². The molecule has 12 rings (SSSR count). The Bertz CT molecular complexity index is 3210. The molecule has 0 saturated heterocycles. The molecule has 0 saturated carbocycles. The van der Waals surface area contributed by atoms with Crippen LogP contribution in [0.2, 0.25) is 0 Å². The summed E-state index contributed by atoms with van der Waals surface area (Å²) in [5.41, 5.74) is 12.6. The normalized spacial score (nSPS) is 13.5. The first-order valence-electron chi connectivity index (χ1n) is 20.4. The van der Waals surface area contributed by atoms with Gasteiger partial charge in [0.15, 0.2) is 0 Å². The first-order valence-corrected chi connectivity index (χ1v) is 23.0. The van der Waals surface area contributed by atoms with Gasteiger partial charge in [0.2, 0.25) is 7.49 Å². The highest BCUT2D eigenvalue weighted by molar-refractivity contribution is 7.99. The average Bonchev–Trinajstić information content (AvgIpc) is 3.62. The summed E-state index contributed by atoms with van der Waals surface area (Å²) in [5, 5.41) is 6.31. The molecule has 0 amide bonds. The lowest BCUT2D eigenvalue weighted by atomic mass is 9.67. The summed E-state index contributed by atoms with van der Waals surface area (Å²) in [5.74, 6) is 0. The summed E-state index contributed by atoms with van der Waals surface area (Å²) in [6.45, 7) is 0. The van der Waals surface area contributed by atoms with Crippen LogP contribution in [0.4, 0.5) is 0 Å². The molecule has 1 N–H and O–H groups in total. The SMILES string of the molecule is O[P+](c1ccccc1)(c1ccccc1)c1ccc(-c2ccc3c(c2)nc(-c2ccccc2)c2ccc4c(c23)-c2ccccc2C42c3ccccc3Sc3ccccc32)cc1. The minimum atomic E-state index is -2.85. The van der Waals surface area contributed by atoms with E-state index in [4.69, 9.17) is 4.98 Å². The van der Waals surface area contributed by atoms with E-state index < -0.39 is 12.9 Å². The average molecular weight is 803 g/mol. The number of fused-ring (bicyclic) bond motifs is 13. The number of rotatable bonds is 5. The third-order valence-corrected chi connectivity index (χ3v) is 16.9. The monoisotopic (exact) mass is 802 g/mol. The number of pyridine rings is 1. The van der Waals surface area contributed by atoms with Crippen molar-refractivity contribution < 1.29 is 4.89 Å². The van der Waals surface area contributed by atoms with Crippen molar-refractivity contribution in [2.24, 2.45) is 0 Å². The highest BCUT2D eigenvalue weighted by Gasteiger charge is 2.51. The van der Waals surface area contributed by atoms with Gasteiger partial charge in [0, 0.05) is 31.5 Å². The molecule has 2 heterocycles. The van der Waals surface area contributed by atoms with Gasteiger partial charge in [0.05, 0.1) is 16.6 Å². The molecule has 2 nitrogen and oxygen atoms in total. The summed E-state index contributed by atoms with van der Waals surface area (Å²) in [4.78, 5) is 20.7. The lowest BCUT2D eigenvalue weighted by Gasteiger charge is -2.39. The van der Waals surface area contributed by atoms with Crippen molar-refractivity contribution in [3.8, 4) is 33.5 Å². The van der Waals surface area contributed by atoms with Crippen LogP contribution >= 0.6 is 19.3 Å². The molecule has 4 heteroatoms. The van der Waals surface area contributed by atoms with Crippen LogP contribution < -0.4 is 15.9 Å². The standard InChI is InChI=1S/C56H37NOPS/c58-59(40-18-6-2-7-19-40,41-20-8-3-9-21-41)42-31-28-37(29-32-42)39-30-33-44-50(36-39)57-55(38-16-4-1-5-17-38)45-34-35-49-54(53(44)45)43-22-10-11-23-46(43)56(49)47-24-12-14-26-51(47)60-52-27-15-13-25-48(52)56/h1-36,58H/q+1. The molecule has 282 valence electrons. The molecule has 1 aliphatic heterocycles. The minimum Gasteiger partial charge on any atom is -0.247 e. The van der Waals surface area contributed by atoms with Crippen LogP contribution in [0, 0.1) is 0 Å². The van der Waals surface area contributed by atoms with Crippen molar-refractivity contribution in [3.05, 3.63) is 241 Å². The first kappa shape index (κ1) is 35.3. The Labute approximate surface area is 354 Å². The molecular formula is C56H37NOPS+. The summed E-state index contributed by atoms with van der Waals surface area (Å²) < 4.78 is 0. The van der Waals surface area contributed by atoms with Gasteiger partial charge >= 0.3 is 0 Å². The highest BCUT2D eigenvalue weighted by atomic mass is 32.2. The van der Waals surface area contributed by atoms with Crippen molar-refractivity contribution in [2.75, 3.05) is 0 Å². The van der Waals surface area contributed by atoms with E-state index in [0.29, 0.717) is 0 Å². The second-order valence-corrected chi connectivity index (χ2v) is 19.6. The van der Waals surface area contributed by atoms with Gasteiger partial charge < -0.3 is 0 Å². The smallest absolute Gasteiger partial charge is 0.238 e. The molecule has 2 aliphatic rings. The zero-order chi connectivity index (χ0) is 39.8. The van der Waals surface area contributed by atoms with Crippen LogP contribution in [0.25, 0.3) is 55.2 Å². The summed E-state index contributed by atoms with van der Waals surface area (Å²) in [6.07, 6.45) is 0. The zero-order valence-corrected chi connectivity index (χ0v) is 34.2. The summed E-state index contributed by atoms with van der Waals surface area (Å²) in [7, 11) is -2.85. The van der Waals surface area contributed by atoms with Gasteiger partial charge in [-0.3, -0.25) is 0 Å². The van der Waals surface area contributed by atoms with Crippen LogP contribution in [0.1, 0.15) is 22.3 Å². The van der Waals surface area contributed by atoms with Gasteiger partial charge in [-0.05, 0) is 99.1 Å². The van der Waals surface area contributed by atoms with Gasteiger partial charge in [-0.1, -0.05) is 176 Å². The predicted octanol–water partition coefficient (Wildman–Crippen LogP) is 12.8. The predicted molar refractivity (Wildman–Crippen MR) is 252 cm³/mol. The number of hydrogen-bond acceptors (Lipinski definition) is 3. The second-order valence-electron chi connectivity index (χ2n) is 15.7. The second kappa shape index (κ2) is 13.7. The van der Waals surface area contributed by atoms with Crippen molar-refractivity contribution in [1.29, 1.82) is 0 Å². The van der Waals surface area contributed by atoms with Gasteiger partial charge in [0.1, 0.15) is 15.9 Å². The van der Waals surface area contributed by atoms with Crippen molar-refractivity contribution in [1.82, 2.24) is 4.98 Å². The van der Waals surface area contributed by atoms with Gasteiger partial charge in [0.25, 0.3) is 0 Å². The Morgan fingerprint density at radius 3 is 1.58 bits per heavy atom. The molecule has 0 bridgehead atoms. The maximum absolute atomic E-state index is 12.6. The quantitative estimate of drug-likeness (QED) is 0.139. The molecule has 1 aliphatic carbocycles. The number of aromatic nitrogens is 1. The Morgan fingerprint density at radius 2 is 0.933 bits per heavy atom. The molecule has 0 atom stereocenters. The lowest BCUT2D eigenvalue weighted by molar-refractivity contribution is 0.633. The van der Waals surface area contributed by atoms with Crippen LogP contribution in [0.15, 0.2) is 228 Å². The summed E-state index contributed by atoms with van der Waals surface area (Å²) >= 11 is 1.88. The molecule has 0 fully saturated rings. The third kappa shape index (κ3) is 5.07. The van der Waals surface area contributed by atoms with Crippen molar-refractivity contribution in [2.45, 2.75) is 15.2 Å². The van der Waals surface area contributed by atoms with Gasteiger partial charge in [-0.25, -0.2) is 9.88 Å². The molecule has 9 aromatic carbocycles. The maximum Gasteiger partial charge on any atom is 0.238 e. The third-order valence-electron chi connectivity index (χ3n) is 12.6. The van der Waals surface area contributed by atoms with Crippen molar-refractivity contribution >= 4 is 56.8 Å². The van der Waals surface area contributed by atoms with E-state index in [1.807, 2.05) is 72.4 Å². The zero-order valence-electron chi connectivity index (χ0n) is 32.5. The van der Waals surface area contributed by atoms with E-state index in [-0.39, 0.29) is 0 Å². The van der Waals surface area contributed by atoms with Crippen LogP contribution in [0.3, 0.4) is 0 Å². The van der Waals surface area contributed by atoms with E-state index >= 15 is 0 Å². The highest BCUT2D eigenvalue weighted by Crippen LogP contribution is 2.63. The Morgan fingerprint density at radius 1 is 0.417 bits per heavy atom. The lowest BCUT2D eigenvalue weighted by Crippen LogP contribution is -2.31. The van der Waals surface area contributed by atoms with E-state index in [2.05, 4.69) is 158 Å². The topological polar surface area (TPSA) is 33.1 Å². The molecule has 0 unspecified atom stereocenters. The number of hydrogen-bond donors (Lipinski definition) is 1. The molecular weight excluding hydrogens is 766 g/mol. The van der Waals surface area contributed by atoms with Crippen LogP contribution in [0.5, 0.6) is 0 Å². The fourth-order valence-electron chi connectivity index (χ4n) is 10.0.